The molecular formula is C13H16N2O3. The molecule has 18 heavy (non-hydrogen) atoms. The van der Waals surface area contributed by atoms with Gasteiger partial charge in [0.25, 0.3) is 0 Å². The maximum Gasteiger partial charge on any atom is 0.361 e. The number of fused-ring (bicyclic) bond motifs is 1. The highest BCUT2D eigenvalue weighted by Crippen LogP contribution is 2.22. The number of aromatic nitrogens is 2. The summed E-state index contributed by atoms with van der Waals surface area (Å²) in [5.41, 5.74) is 2.04. The lowest BCUT2D eigenvalue weighted by Crippen LogP contribution is -2.10. The van der Waals surface area contributed by atoms with Crippen LogP contribution >= 0.6 is 0 Å². The number of hydrogen-bond acceptors (Lipinski definition) is 4. The van der Waals surface area contributed by atoms with Crippen molar-refractivity contribution < 1.29 is 14.3 Å². The Morgan fingerprint density at radius 1 is 1.39 bits per heavy atom. The second-order valence-corrected chi connectivity index (χ2v) is 3.80. The largest absolute Gasteiger partial charge is 0.476 e. The highest BCUT2D eigenvalue weighted by atomic mass is 16.5. The van der Waals surface area contributed by atoms with Crippen LogP contribution in [0.5, 0.6) is 5.88 Å². The van der Waals surface area contributed by atoms with Crippen LogP contribution in [0.4, 0.5) is 0 Å². The minimum absolute atomic E-state index is 0.323. The number of ether oxygens (including phenoxy) is 2. The first-order valence-electron chi connectivity index (χ1n) is 5.96. The lowest BCUT2D eigenvalue weighted by atomic mass is 10.3. The molecule has 5 nitrogen and oxygen atoms in total. The summed E-state index contributed by atoms with van der Waals surface area (Å²) in [5, 5.41) is 0. The highest BCUT2D eigenvalue weighted by molar-refractivity contribution is 5.91. The molecule has 0 unspecified atom stereocenters. The third-order valence-corrected chi connectivity index (χ3v) is 2.56. The minimum Gasteiger partial charge on any atom is -0.476 e. The molecule has 0 saturated carbocycles. The van der Waals surface area contributed by atoms with Crippen molar-refractivity contribution in [1.82, 2.24) is 9.38 Å². The van der Waals surface area contributed by atoms with Gasteiger partial charge in [0.05, 0.1) is 13.2 Å². The first kappa shape index (κ1) is 12.4. The third-order valence-electron chi connectivity index (χ3n) is 2.56. The van der Waals surface area contributed by atoms with Crippen LogP contribution in [0.2, 0.25) is 0 Å². The molecule has 0 N–H and O–H groups in total. The van der Waals surface area contributed by atoms with E-state index in [0.29, 0.717) is 30.4 Å². The molecule has 0 amide bonds. The molecule has 0 aliphatic rings. The molecule has 2 aromatic heterocycles. The van der Waals surface area contributed by atoms with E-state index in [4.69, 9.17) is 9.47 Å². The highest BCUT2D eigenvalue weighted by Gasteiger charge is 2.22. The molecule has 2 heterocycles. The van der Waals surface area contributed by atoms with Crippen LogP contribution in [0, 0.1) is 6.92 Å². The summed E-state index contributed by atoms with van der Waals surface area (Å²) >= 11 is 0. The Hall–Kier alpha value is -2.04. The third kappa shape index (κ3) is 2.03. The van der Waals surface area contributed by atoms with Crippen molar-refractivity contribution in [3.8, 4) is 5.88 Å². The lowest BCUT2D eigenvalue weighted by molar-refractivity contribution is 0.0513. The van der Waals surface area contributed by atoms with Gasteiger partial charge in [-0.2, -0.15) is 4.98 Å². The van der Waals surface area contributed by atoms with E-state index in [1.807, 2.05) is 26.0 Å². The molecule has 0 radical (unpaired) electrons. The quantitative estimate of drug-likeness (QED) is 0.778. The molecule has 0 aliphatic carbocycles. The van der Waals surface area contributed by atoms with Crippen molar-refractivity contribution in [1.29, 1.82) is 0 Å². The number of pyridine rings is 1. The number of carbonyl (C=O) groups is 1. The summed E-state index contributed by atoms with van der Waals surface area (Å²) in [4.78, 5) is 16.3. The predicted octanol–water partition coefficient (Wildman–Crippen LogP) is 2.22. The number of rotatable bonds is 4. The van der Waals surface area contributed by atoms with Gasteiger partial charge >= 0.3 is 5.97 Å². The Morgan fingerprint density at radius 2 is 2.17 bits per heavy atom. The zero-order valence-corrected chi connectivity index (χ0v) is 10.8. The number of esters is 1. The standard InChI is InChI=1S/C13H16N2O3/c1-4-17-12-10(13(16)18-5-2)15-8-6-7-9(3)11(15)14-12/h6-8H,4-5H2,1-3H3. The van der Waals surface area contributed by atoms with E-state index < -0.39 is 5.97 Å². The van der Waals surface area contributed by atoms with Crippen LogP contribution in [0.15, 0.2) is 18.3 Å². The number of imidazole rings is 1. The van der Waals surface area contributed by atoms with E-state index in [1.54, 1.807) is 17.5 Å². The van der Waals surface area contributed by atoms with Crippen LogP contribution in [0.3, 0.4) is 0 Å². The van der Waals surface area contributed by atoms with Gasteiger partial charge in [0.2, 0.25) is 5.88 Å². The molecule has 96 valence electrons. The lowest BCUT2D eigenvalue weighted by Gasteiger charge is -2.04. The fourth-order valence-corrected chi connectivity index (χ4v) is 1.81. The van der Waals surface area contributed by atoms with Gasteiger partial charge in [-0.15, -0.1) is 0 Å². The summed E-state index contributed by atoms with van der Waals surface area (Å²) in [5.74, 6) is -0.0932. The van der Waals surface area contributed by atoms with Crippen molar-refractivity contribution in [3.63, 3.8) is 0 Å². The Morgan fingerprint density at radius 3 is 2.83 bits per heavy atom. The van der Waals surface area contributed by atoms with Crippen LogP contribution in [-0.4, -0.2) is 28.6 Å². The normalized spacial score (nSPS) is 10.6. The second kappa shape index (κ2) is 5.08. The van der Waals surface area contributed by atoms with Gasteiger partial charge in [0.15, 0.2) is 5.69 Å². The maximum atomic E-state index is 12.0. The van der Waals surface area contributed by atoms with Crippen LogP contribution in [0.1, 0.15) is 29.9 Å². The van der Waals surface area contributed by atoms with Crippen molar-refractivity contribution >= 4 is 11.6 Å². The molecule has 0 atom stereocenters. The van der Waals surface area contributed by atoms with Gasteiger partial charge in [0.1, 0.15) is 5.65 Å². The summed E-state index contributed by atoms with van der Waals surface area (Å²) in [6.45, 7) is 6.34. The van der Waals surface area contributed by atoms with Gasteiger partial charge in [0, 0.05) is 6.20 Å². The van der Waals surface area contributed by atoms with Gasteiger partial charge in [-0.1, -0.05) is 6.07 Å². The minimum atomic E-state index is -0.418. The molecule has 2 aromatic rings. The maximum absolute atomic E-state index is 12.0. The number of nitrogens with zero attached hydrogens (tertiary/aromatic N) is 2. The zero-order chi connectivity index (χ0) is 13.1. The molecule has 0 spiro atoms. The van der Waals surface area contributed by atoms with E-state index in [9.17, 15) is 4.79 Å². The first-order valence-corrected chi connectivity index (χ1v) is 5.96. The van der Waals surface area contributed by atoms with E-state index in [2.05, 4.69) is 4.98 Å². The smallest absolute Gasteiger partial charge is 0.361 e. The molecule has 0 aliphatic heterocycles. The van der Waals surface area contributed by atoms with E-state index in [-0.39, 0.29) is 0 Å². The molecule has 5 heteroatoms. The zero-order valence-electron chi connectivity index (χ0n) is 10.8. The number of aryl methyl sites for hydroxylation is 1. The topological polar surface area (TPSA) is 52.8 Å². The predicted molar refractivity (Wildman–Crippen MR) is 67.1 cm³/mol. The monoisotopic (exact) mass is 248 g/mol. The van der Waals surface area contributed by atoms with Crippen molar-refractivity contribution in [2.75, 3.05) is 13.2 Å². The molecule has 0 fully saturated rings. The summed E-state index contributed by atoms with van der Waals surface area (Å²) < 4.78 is 12.2. The van der Waals surface area contributed by atoms with Gasteiger partial charge in [-0.25, -0.2) is 4.79 Å². The Labute approximate surface area is 105 Å². The van der Waals surface area contributed by atoms with Gasteiger partial charge in [-0.05, 0) is 32.4 Å². The molecule has 2 rings (SSSR count). The van der Waals surface area contributed by atoms with E-state index in [1.165, 1.54) is 0 Å². The van der Waals surface area contributed by atoms with Crippen LogP contribution < -0.4 is 4.74 Å². The molecule has 0 bridgehead atoms. The fourth-order valence-electron chi connectivity index (χ4n) is 1.81. The second-order valence-electron chi connectivity index (χ2n) is 3.80. The van der Waals surface area contributed by atoms with Gasteiger partial charge in [-0.3, -0.25) is 4.40 Å². The van der Waals surface area contributed by atoms with Gasteiger partial charge < -0.3 is 9.47 Å². The summed E-state index contributed by atoms with van der Waals surface area (Å²) in [7, 11) is 0. The van der Waals surface area contributed by atoms with Crippen molar-refractivity contribution in [2.24, 2.45) is 0 Å². The Balaban J connectivity index is 2.62. The van der Waals surface area contributed by atoms with E-state index >= 15 is 0 Å². The Kier molecular flexibility index (Phi) is 3.50. The average molecular weight is 248 g/mol. The van der Waals surface area contributed by atoms with Crippen LogP contribution in [-0.2, 0) is 4.74 Å². The molecule has 0 aromatic carbocycles. The number of carbonyl (C=O) groups excluding carboxylic acids is 1. The first-order chi connectivity index (χ1) is 8.69. The van der Waals surface area contributed by atoms with Crippen LogP contribution in [0.25, 0.3) is 5.65 Å². The number of hydrogen-bond donors (Lipinski definition) is 0. The summed E-state index contributed by atoms with van der Waals surface area (Å²) in [6.07, 6.45) is 1.78. The Bertz CT molecular complexity index is 575. The van der Waals surface area contributed by atoms with E-state index in [0.717, 1.165) is 5.56 Å². The molecule has 0 saturated heterocycles. The van der Waals surface area contributed by atoms with Crippen molar-refractivity contribution in [3.05, 3.63) is 29.6 Å². The fraction of sp³-hybridized carbons (Fsp3) is 0.385. The molecular weight excluding hydrogens is 232 g/mol. The average Bonchev–Trinajstić information content (AvgIpc) is 2.70. The SMILES string of the molecule is CCOC(=O)c1c(OCC)nc2c(C)cccn12. The summed E-state index contributed by atoms with van der Waals surface area (Å²) in [6, 6.07) is 3.80. The van der Waals surface area contributed by atoms with Crippen molar-refractivity contribution in [2.45, 2.75) is 20.8 Å².